The average molecular weight is 1930 g/mol. The molecule has 0 aliphatic rings. The first-order valence-electron chi connectivity index (χ1n) is 45.6. The molecule has 0 rings (SSSR count). The van der Waals surface area contributed by atoms with Crippen LogP contribution in [-0.4, -0.2) is 280 Å². The van der Waals surface area contributed by atoms with E-state index < -0.39 is 53.6 Å². The van der Waals surface area contributed by atoms with Crippen molar-refractivity contribution in [1.82, 2.24) is 58.5 Å². The Kier molecular flexibility index (Phi) is 94.7. The van der Waals surface area contributed by atoms with Crippen LogP contribution in [0, 0.1) is 11.8 Å². The van der Waals surface area contributed by atoms with E-state index in [1.165, 1.54) is 55.4 Å². The van der Waals surface area contributed by atoms with Gasteiger partial charge in [0.25, 0.3) is 0 Å². The minimum Gasteiger partial charge on any atom is -0.374 e. The van der Waals surface area contributed by atoms with Crippen LogP contribution in [0.2, 0.25) is 0 Å². The number of amides is 11. The summed E-state index contributed by atoms with van der Waals surface area (Å²) in [7, 11) is 0. The Labute approximate surface area is 795 Å². The van der Waals surface area contributed by atoms with Gasteiger partial charge >= 0.3 is 0 Å². The minimum atomic E-state index is -0.831. The lowest BCUT2D eigenvalue weighted by Crippen LogP contribution is -2.48. The number of ether oxygens (including phenoxy) is 4. The highest BCUT2D eigenvalue weighted by atomic mass is 16.5. The highest BCUT2D eigenvalue weighted by Crippen LogP contribution is 2.09. The standard InChI is InChI=1S/C20H34N4O7.C19H30N2O7.C16H28N2O4.C13H21NO5.C11H18N2O4.C5H10O2.C5H10O.C4H8O/c1-6-17(27)21-7-8-22-20(30)15(5)24-19(29)12(2)9-16(26)14(4)23-18(28)11-31-10-13(3)25;1-3-15(23)5-4-10-20-18(26)8-6-16(24)11-21-19(27)9-7-17(25)13-28-12-14(2)22;1-10(2)17-16(22)11(3)9-14(20)13(5)18-15(21)8-6-7-12(4)19;1-3-19-9-12(17)6-7-13(18)14-8-11(16)5-4-10(2)15;1-3-10(16)13-7-9(15)4-5-11(17)12-6-8(2)14;1-3-7-4-5(2)6;1-3-4-5(2)6;1-3-4(2)5/h12,14-15H,6-11H2,1-5H3,(H,21,27)(H,22,30)(H,23,28)(H,24,29);3-13H2,1-2H3,(H,20,26)(H,21,27);10-11,13H,6-9H2,1-5H3,(H,17,22)(H,18,21);3-9H2,1-2H3,(H,14,18);3-7H2,1-2H3,(H,12,17)(H,13,16);3-4H2,1-2H3;3-4H2,1-2H3;3H2,1-2H3. The molecule has 0 spiro atoms. The second-order valence-electron chi connectivity index (χ2n) is 31.4. The lowest BCUT2D eigenvalue weighted by Gasteiger charge is -2.19. The zero-order valence-electron chi connectivity index (χ0n) is 84.0. The Morgan fingerprint density at radius 3 is 0.948 bits per heavy atom. The summed E-state index contributed by atoms with van der Waals surface area (Å²) in [6.45, 7) is 36.9. The van der Waals surface area contributed by atoms with Crippen LogP contribution in [0.15, 0.2) is 0 Å². The molecule has 42 heteroatoms. The van der Waals surface area contributed by atoms with Gasteiger partial charge in [0.2, 0.25) is 65.0 Å². The van der Waals surface area contributed by atoms with E-state index in [0.717, 1.165) is 12.8 Å². The zero-order chi connectivity index (χ0) is 106. The maximum Gasteiger partial charge on any atom is 0.246 e. The first-order valence-corrected chi connectivity index (χ1v) is 45.6. The Morgan fingerprint density at radius 1 is 0.230 bits per heavy atom. The van der Waals surface area contributed by atoms with Crippen molar-refractivity contribution < 1.29 is 148 Å². The third kappa shape index (κ3) is 108. The Hall–Kier alpha value is -11.3. The Balaban J connectivity index is -0.000000240. The maximum absolute atomic E-state index is 12.3. The summed E-state index contributed by atoms with van der Waals surface area (Å²) in [6, 6.07) is -2.24. The van der Waals surface area contributed by atoms with Crippen molar-refractivity contribution in [3.63, 3.8) is 0 Å². The SMILES string of the molecule is CC(=O)CCCC(=O)NC(C)C(=O)CC(C)C(=O)NC(C)C.CCC(=O)CCCNC(=O)CCC(=O)CNC(=O)CCC(=O)COCC(C)=O.CCC(=O)NCC(=O)CCC(=O)NCC(C)=O.CCC(=O)NCCNC(=O)C(C)NC(=O)C(C)CC(=O)C(C)NC(=O)COCC(C)=O.CCC(C)=O.CCCC(C)=O.CCOCC(=O)CCC(=O)NCC(=O)CCC(C)=O.CCOCC(C)=O. The first-order chi connectivity index (χ1) is 63.1. The van der Waals surface area contributed by atoms with E-state index in [9.17, 15) is 129 Å². The molecular weight excluding hydrogens is 1770 g/mol. The van der Waals surface area contributed by atoms with Crippen LogP contribution in [0.1, 0.15) is 300 Å². The van der Waals surface area contributed by atoms with Crippen molar-refractivity contribution in [2.75, 3.05) is 98.7 Å². The van der Waals surface area contributed by atoms with Crippen molar-refractivity contribution in [3.05, 3.63) is 0 Å². The molecule has 0 aliphatic heterocycles. The molecule has 772 valence electrons. The lowest BCUT2D eigenvalue weighted by molar-refractivity contribution is -0.134. The number of nitrogens with one attached hydrogen (secondary N) is 11. The maximum atomic E-state index is 12.3. The van der Waals surface area contributed by atoms with Gasteiger partial charge in [0.05, 0.1) is 38.3 Å². The largest absolute Gasteiger partial charge is 0.374 e. The summed E-state index contributed by atoms with van der Waals surface area (Å²) in [5, 5.41) is 27.8. The highest BCUT2D eigenvalue weighted by Gasteiger charge is 2.26. The molecule has 42 nitrogen and oxygen atoms in total. The summed E-state index contributed by atoms with van der Waals surface area (Å²) < 4.78 is 19.4. The van der Waals surface area contributed by atoms with Crippen LogP contribution in [-0.2, 0) is 148 Å². The predicted molar refractivity (Wildman–Crippen MR) is 500 cm³/mol. The predicted octanol–water partition coefficient (Wildman–Crippen LogP) is 3.46. The van der Waals surface area contributed by atoms with Gasteiger partial charge in [-0.25, -0.2) is 0 Å². The van der Waals surface area contributed by atoms with Crippen molar-refractivity contribution in [3.8, 4) is 0 Å². The van der Waals surface area contributed by atoms with Gasteiger partial charge in [-0.3, -0.25) is 110 Å². The van der Waals surface area contributed by atoms with Crippen LogP contribution in [0.3, 0.4) is 0 Å². The second kappa shape index (κ2) is 91.8. The van der Waals surface area contributed by atoms with Crippen molar-refractivity contribution in [1.29, 1.82) is 0 Å². The van der Waals surface area contributed by atoms with Crippen LogP contribution in [0.25, 0.3) is 0 Å². The second-order valence-corrected chi connectivity index (χ2v) is 31.4. The third-order valence-electron chi connectivity index (χ3n) is 16.9. The summed E-state index contributed by atoms with van der Waals surface area (Å²) in [5.74, 6) is -6.15. The molecule has 0 radical (unpaired) electrons. The molecule has 5 atom stereocenters. The Bertz CT molecular complexity index is 3710. The molecule has 0 saturated carbocycles. The number of carbonyl (C=O) groups excluding carboxylic acids is 27. The van der Waals surface area contributed by atoms with Crippen LogP contribution < -0.4 is 58.5 Å². The van der Waals surface area contributed by atoms with Crippen molar-refractivity contribution in [2.45, 2.75) is 324 Å². The minimum absolute atomic E-state index is 0.00216. The van der Waals surface area contributed by atoms with Gasteiger partial charge < -0.3 is 96.6 Å². The van der Waals surface area contributed by atoms with Gasteiger partial charge in [0.15, 0.2) is 57.8 Å². The number of hydrogen-bond donors (Lipinski definition) is 11. The molecule has 0 bridgehead atoms. The van der Waals surface area contributed by atoms with Crippen molar-refractivity contribution in [2.24, 2.45) is 11.8 Å². The molecule has 11 N–H and O–H groups in total. The quantitative estimate of drug-likeness (QED) is 0.0388. The fourth-order valence-corrected chi connectivity index (χ4v) is 9.04. The molecule has 5 unspecified atom stereocenters. The fraction of sp³-hybridized carbons (Fsp3) is 0.710. The topological polar surface area (TPSA) is 630 Å². The number of carbonyl (C=O) groups is 27. The molecule has 0 heterocycles. The summed E-state index contributed by atoms with van der Waals surface area (Å²) in [6.07, 6.45) is 6.05. The van der Waals surface area contributed by atoms with E-state index in [-0.39, 0.29) is 302 Å². The molecule has 0 aromatic heterocycles. The lowest BCUT2D eigenvalue weighted by atomic mass is 9.99. The number of rotatable bonds is 67. The molecule has 0 fully saturated rings. The van der Waals surface area contributed by atoms with E-state index in [1.807, 2.05) is 34.6 Å². The van der Waals surface area contributed by atoms with Crippen LogP contribution >= 0.6 is 0 Å². The highest BCUT2D eigenvalue weighted by molar-refractivity contribution is 5.97. The van der Waals surface area contributed by atoms with E-state index in [4.69, 9.17) is 18.9 Å². The molecule has 0 aromatic rings. The molecule has 11 amide bonds. The van der Waals surface area contributed by atoms with Crippen LogP contribution in [0.5, 0.6) is 0 Å². The number of hydrogen-bond acceptors (Lipinski definition) is 31. The summed E-state index contributed by atoms with van der Waals surface area (Å²) in [4.78, 5) is 303. The number of ketones is 16. The van der Waals surface area contributed by atoms with Crippen molar-refractivity contribution >= 4 is 158 Å². The van der Waals surface area contributed by atoms with E-state index in [0.29, 0.717) is 71.1 Å². The third-order valence-corrected chi connectivity index (χ3v) is 16.9. The number of Topliss-reactive ketones (excluding diaryl/α,β-unsaturated/α-hetero) is 16. The summed E-state index contributed by atoms with van der Waals surface area (Å²) >= 11 is 0. The van der Waals surface area contributed by atoms with Gasteiger partial charge in [-0.1, -0.05) is 48.5 Å². The monoisotopic (exact) mass is 1930 g/mol. The average Bonchev–Trinajstić information content (AvgIpc) is 0.890. The molecule has 0 aliphatic carbocycles. The van der Waals surface area contributed by atoms with Gasteiger partial charge in [0, 0.05) is 179 Å². The molecule has 0 aromatic carbocycles. The van der Waals surface area contributed by atoms with Gasteiger partial charge in [-0.05, 0) is 123 Å². The zero-order valence-corrected chi connectivity index (χ0v) is 84.0. The van der Waals surface area contributed by atoms with Crippen LogP contribution in [0.4, 0.5) is 0 Å². The molecule has 135 heavy (non-hydrogen) atoms. The first kappa shape index (κ1) is 139. The summed E-state index contributed by atoms with van der Waals surface area (Å²) in [5.41, 5.74) is 0. The van der Waals surface area contributed by atoms with E-state index >= 15 is 0 Å². The van der Waals surface area contributed by atoms with Gasteiger partial charge in [-0.15, -0.1) is 0 Å². The van der Waals surface area contributed by atoms with Gasteiger partial charge in [0.1, 0.15) is 80.4 Å². The van der Waals surface area contributed by atoms with E-state index in [1.54, 1.807) is 62.3 Å². The molecule has 0 saturated heterocycles. The normalized spacial score (nSPS) is 11.1. The Morgan fingerprint density at radius 2 is 0.578 bits per heavy atom. The molecular formula is C93H159N11O31. The fourth-order valence-electron chi connectivity index (χ4n) is 9.04. The smallest absolute Gasteiger partial charge is 0.246 e. The van der Waals surface area contributed by atoms with Gasteiger partial charge in [-0.2, -0.15) is 0 Å². The van der Waals surface area contributed by atoms with E-state index in [2.05, 4.69) is 58.5 Å².